The number of carbonyl (C=O) groups excluding carboxylic acids is 1. The number of rotatable bonds is 3. The molecule has 1 aromatic carbocycles. The largest absolute Gasteiger partial charge is 0.290 e. The molecule has 0 bridgehead atoms. The lowest BCUT2D eigenvalue weighted by atomic mass is 10.1. The molecule has 66 valence electrons. The first-order chi connectivity index (χ1) is 6.24. The maximum absolute atomic E-state index is 11.0. The molecule has 1 aromatic rings. The third-order valence-corrected chi connectivity index (χ3v) is 1.79. The Morgan fingerprint density at radius 1 is 1.31 bits per heavy atom. The molecule has 0 saturated carbocycles. The van der Waals surface area contributed by atoms with E-state index < -0.39 is 0 Å². The van der Waals surface area contributed by atoms with E-state index in [2.05, 4.69) is 6.58 Å². The maximum Gasteiger partial charge on any atom is 0.178 e. The van der Waals surface area contributed by atoms with Crippen LogP contribution in [0.4, 0.5) is 0 Å². The highest BCUT2D eigenvalue weighted by atomic mass is 16.1. The highest BCUT2D eigenvalue weighted by Crippen LogP contribution is 2.12. The molecule has 0 unspecified atom stereocenters. The van der Waals surface area contributed by atoms with Crippen molar-refractivity contribution in [1.82, 2.24) is 0 Å². The molecule has 0 aliphatic heterocycles. The second kappa shape index (κ2) is 4.41. The van der Waals surface area contributed by atoms with Gasteiger partial charge in [-0.2, -0.15) is 0 Å². The molecule has 0 heterocycles. The van der Waals surface area contributed by atoms with Crippen LogP contribution in [0.15, 0.2) is 49.1 Å². The minimum absolute atomic E-state index is 0.0543. The molecular formula is C12H12O. The van der Waals surface area contributed by atoms with Gasteiger partial charge in [-0.3, -0.25) is 4.79 Å². The fraction of sp³-hybridized carbons (Fsp3) is 0.0833. The standard InChI is InChI=1S/C12H12O/c1-3-12(13)9-10(2)11-7-5-4-6-8-11/h3-9H,1H2,2H3. The SMILES string of the molecule is C=CC(=O)C=C(C)c1ccccc1. The van der Waals surface area contributed by atoms with Crippen molar-refractivity contribution in [1.29, 1.82) is 0 Å². The summed E-state index contributed by atoms with van der Waals surface area (Å²) < 4.78 is 0. The van der Waals surface area contributed by atoms with Gasteiger partial charge in [0.15, 0.2) is 5.78 Å². The molecule has 0 radical (unpaired) electrons. The number of allylic oxidation sites excluding steroid dienone is 3. The molecule has 0 aliphatic rings. The van der Waals surface area contributed by atoms with Gasteiger partial charge in [0.2, 0.25) is 0 Å². The minimum Gasteiger partial charge on any atom is -0.290 e. The summed E-state index contributed by atoms with van der Waals surface area (Å²) in [6.45, 7) is 5.33. The summed E-state index contributed by atoms with van der Waals surface area (Å²) in [6.07, 6.45) is 2.90. The molecule has 0 saturated heterocycles. The molecular weight excluding hydrogens is 160 g/mol. The third-order valence-electron chi connectivity index (χ3n) is 1.79. The van der Waals surface area contributed by atoms with Crippen LogP contribution >= 0.6 is 0 Å². The summed E-state index contributed by atoms with van der Waals surface area (Å²) in [5.41, 5.74) is 2.03. The molecule has 1 heteroatoms. The number of ketones is 1. The Bertz CT molecular complexity index is 333. The molecule has 1 rings (SSSR count). The van der Waals surface area contributed by atoms with Crippen LogP contribution in [0.1, 0.15) is 12.5 Å². The Labute approximate surface area is 78.4 Å². The molecule has 0 aliphatic carbocycles. The van der Waals surface area contributed by atoms with Crippen molar-refractivity contribution in [2.75, 3.05) is 0 Å². The van der Waals surface area contributed by atoms with Crippen LogP contribution < -0.4 is 0 Å². The van der Waals surface area contributed by atoms with Crippen molar-refractivity contribution in [2.24, 2.45) is 0 Å². The lowest BCUT2D eigenvalue weighted by Gasteiger charge is -1.98. The molecule has 0 aromatic heterocycles. The summed E-state index contributed by atoms with van der Waals surface area (Å²) in [7, 11) is 0. The summed E-state index contributed by atoms with van der Waals surface area (Å²) in [6, 6.07) is 9.80. The minimum atomic E-state index is -0.0543. The predicted octanol–water partition coefficient (Wildman–Crippen LogP) is 2.85. The Kier molecular flexibility index (Phi) is 3.21. The van der Waals surface area contributed by atoms with Crippen LogP contribution in [0, 0.1) is 0 Å². The first-order valence-corrected chi connectivity index (χ1v) is 4.14. The van der Waals surface area contributed by atoms with Crippen LogP contribution in [0.2, 0.25) is 0 Å². The van der Waals surface area contributed by atoms with Gasteiger partial charge in [-0.1, -0.05) is 36.9 Å². The molecule has 0 amide bonds. The molecule has 0 atom stereocenters. The van der Waals surface area contributed by atoms with Crippen molar-refractivity contribution >= 4 is 11.4 Å². The van der Waals surface area contributed by atoms with E-state index in [4.69, 9.17) is 0 Å². The Hall–Kier alpha value is -1.63. The fourth-order valence-corrected chi connectivity index (χ4v) is 1.06. The van der Waals surface area contributed by atoms with E-state index in [1.807, 2.05) is 37.3 Å². The molecule has 13 heavy (non-hydrogen) atoms. The van der Waals surface area contributed by atoms with Gasteiger partial charge in [0.05, 0.1) is 0 Å². The lowest BCUT2D eigenvalue weighted by Crippen LogP contribution is -1.87. The number of carbonyl (C=O) groups is 1. The summed E-state index contributed by atoms with van der Waals surface area (Å²) in [4.78, 5) is 11.0. The monoisotopic (exact) mass is 172 g/mol. The van der Waals surface area contributed by atoms with Crippen LogP contribution in [0.3, 0.4) is 0 Å². The van der Waals surface area contributed by atoms with Crippen molar-refractivity contribution < 1.29 is 4.79 Å². The Balaban J connectivity index is 2.91. The van der Waals surface area contributed by atoms with Gasteiger partial charge in [0, 0.05) is 0 Å². The molecule has 0 N–H and O–H groups in total. The second-order valence-corrected chi connectivity index (χ2v) is 2.80. The normalized spacial score (nSPS) is 11.0. The summed E-state index contributed by atoms with van der Waals surface area (Å²) in [5, 5.41) is 0. The van der Waals surface area contributed by atoms with E-state index in [0.717, 1.165) is 11.1 Å². The average Bonchev–Trinajstić information content (AvgIpc) is 2.19. The average molecular weight is 172 g/mol. The zero-order valence-electron chi connectivity index (χ0n) is 7.66. The van der Waals surface area contributed by atoms with Gasteiger partial charge in [0.1, 0.15) is 0 Å². The van der Waals surface area contributed by atoms with E-state index in [-0.39, 0.29) is 5.78 Å². The fourth-order valence-electron chi connectivity index (χ4n) is 1.06. The third kappa shape index (κ3) is 2.71. The van der Waals surface area contributed by atoms with E-state index in [1.165, 1.54) is 6.08 Å². The van der Waals surface area contributed by atoms with E-state index in [0.29, 0.717) is 0 Å². The van der Waals surface area contributed by atoms with Gasteiger partial charge in [-0.25, -0.2) is 0 Å². The van der Waals surface area contributed by atoms with Crippen LogP contribution in [0.5, 0.6) is 0 Å². The smallest absolute Gasteiger partial charge is 0.178 e. The first kappa shape index (κ1) is 9.46. The van der Waals surface area contributed by atoms with Crippen LogP contribution in [0.25, 0.3) is 5.57 Å². The zero-order chi connectivity index (χ0) is 9.68. The van der Waals surface area contributed by atoms with Gasteiger partial charge >= 0.3 is 0 Å². The van der Waals surface area contributed by atoms with Crippen molar-refractivity contribution in [3.63, 3.8) is 0 Å². The van der Waals surface area contributed by atoms with Gasteiger partial charge < -0.3 is 0 Å². The van der Waals surface area contributed by atoms with Gasteiger partial charge in [-0.05, 0) is 30.2 Å². The first-order valence-electron chi connectivity index (χ1n) is 4.14. The Morgan fingerprint density at radius 3 is 2.46 bits per heavy atom. The van der Waals surface area contributed by atoms with Crippen molar-refractivity contribution in [3.8, 4) is 0 Å². The van der Waals surface area contributed by atoms with E-state index in [1.54, 1.807) is 6.08 Å². The summed E-state index contributed by atoms with van der Waals surface area (Å²) >= 11 is 0. The van der Waals surface area contributed by atoms with Crippen molar-refractivity contribution in [3.05, 3.63) is 54.6 Å². The lowest BCUT2D eigenvalue weighted by molar-refractivity contribution is -0.110. The van der Waals surface area contributed by atoms with Crippen LogP contribution in [-0.4, -0.2) is 5.78 Å². The number of benzene rings is 1. The van der Waals surface area contributed by atoms with Gasteiger partial charge in [-0.15, -0.1) is 0 Å². The topological polar surface area (TPSA) is 17.1 Å². The highest BCUT2D eigenvalue weighted by Gasteiger charge is 1.95. The van der Waals surface area contributed by atoms with E-state index in [9.17, 15) is 4.79 Å². The van der Waals surface area contributed by atoms with E-state index >= 15 is 0 Å². The maximum atomic E-state index is 11.0. The summed E-state index contributed by atoms with van der Waals surface area (Å²) in [5.74, 6) is -0.0543. The molecule has 0 fully saturated rings. The highest BCUT2D eigenvalue weighted by molar-refractivity contribution is 6.03. The van der Waals surface area contributed by atoms with Crippen LogP contribution in [-0.2, 0) is 4.79 Å². The van der Waals surface area contributed by atoms with Crippen molar-refractivity contribution in [2.45, 2.75) is 6.92 Å². The zero-order valence-corrected chi connectivity index (χ0v) is 7.66. The molecule has 1 nitrogen and oxygen atoms in total. The predicted molar refractivity (Wildman–Crippen MR) is 55.3 cm³/mol. The number of hydrogen-bond donors (Lipinski definition) is 0. The Morgan fingerprint density at radius 2 is 1.92 bits per heavy atom. The molecule has 0 spiro atoms. The van der Waals surface area contributed by atoms with Gasteiger partial charge in [0.25, 0.3) is 0 Å². The second-order valence-electron chi connectivity index (χ2n) is 2.80. The number of hydrogen-bond acceptors (Lipinski definition) is 1. The quantitative estimate of drug-likeness (QED) is 0.641.